The highest BCUT2D eigenvalue weighted by molar-refractivity contribution is 5.07. The van der Waals surface area contributed by atoms with Crippen molar-refractivity contribution in [3.8, 4) is 0 Å². The zero-order chi connectivity index (χ0) is 22.2. The summed E-state index contributed by atoms with van der Waals surface area (Å²) in [6.07, 6.45) is 35.8. The Morgan fingerprint density at radius 3 is 1.23 bits per heavy atom. The van der Waals surface area contributed by atoms with Crippen molar-refractivity contribution < 1.29 is 4.57 Å². The normalized spacial score (nSPS) is 11.3. The quantitative estimate of drug-likeness (QED) is 0.120. The molecule has 0 aliphatic rings. The predicted octanol–water partition coefficient (Wildman–Crippen LogP) is 9.75. The Morgan fingerprint density at radius 1 is 0.452 bits per heavy atom. The lowest BCUT2D eigenvalue weighted by molar-refractivity contribution is -0.697. The first kappa shape index (κ1) is 28.2. The Morgan fingerprint density at radius 2 is 0.806 bits per heavy atom. The summed E-state index contributed by atoms with van der Waals surface area (Å²) >= 11 is 0. The lowest BCUT2D eigenvalue weighted by Gasteiger charge is -2.04. The molecule has 0 fully saturated rings. The molecule has 0 spiro atoms. The highest BCUT2D eigenvalue weighted by atomic mass is 14.9. The molecule has 0 radical (unpaired) electrons. The third-order valence-corrected chi connectivity index (χ3v) is 6.80. The van der Waals surface area contributed by atoms with Crippen molar-refractivity contribution >= 4 is 0 Å². The van der Waals surface area contributed by atoms with Crippen LogP contribution < -0.4 is 4.57 Å². The van der Waals surface area contributed by atoms with Crippen LogP contribution in [0.5, 0.6) is 0 Å². The Kier molecular flexibility index (Phi) is 20.3. The second-order valence-electron chi connectivity index (χ2n) is 9.91. The number of nitrogens with zero attached hydrogens (tertiary/aromatic N) is 1. The number of hydrogen-bond acceptors (Lipinski definition) is 0. The van der Waals surface area contributed by atoms with Crippen molar-refractivity contribution in [2.45, 2.75) is 162 Å². The fourth-order valence-corrected chi connectivity index (χ4v) is 4.58. The van der Waals surface area contributed by atoms with Crippen LogP contribution in [-0.2, 0) is 13.0 Å². The first-order valence-corrected chi connectivity index (χ1v) is 14.3. The first-order chi connectivity index (χ1) is 15.4. The fourth-order valence-electron chi connectivity index (χ4n) is 4.58. The molecule has 0 N–H and O–H groups in total. The molecule has 0 aromatic carbocycles. The minimum Gasteiger partial charge on any atom is -0.205 e. The van der Waals surface area contributed by atoms with Gasteiger partial charge in [0.05, 0.1) is 0 Å². The number of rotatable bonds is 23. The molecular formula is C30H56N+. The Hall–Kier alpha value is -0.850. The van der Waals surface area contributed by atoms with Crippen LogP contribution in [0.15, 0.2) is 24.5 Å². The van der Waals surface area contributed by atoms with E-state index in [2.05, 4.69) is 42.9 Å². The molecule has 1 rings (SSSR count). The monoisotopic (exact) mass is 430 g/mol. The summed E-state index contributed by atoms with van der Waals surface area (Å²) in [6, 6.07) is 4.69. The van der Waals surface area contributed by atoms with Gasteiger partial charge in [-0.15, -0.1) is 0 Å². The van der Waals surface area contributed by atoms with Crippen LogP contribution in [-0.4, -0.2) is 0 Å². The number of aryl methyl sites for hydroxylation is 2. The Bertz CT molecular complexity index is 464. The van der Waals surface area contributed by atoms with Gasteiger partial charge in [0.25, 0.3) is 0 Å². The molecule has 1 aromatic heterocycles. The van der Waals surface area contributed by atoms with Crippen LogP contribution in [0.3, 0.4) is 0 Å². The van der Waals surface area contributed by atoms with Crippen LogP contribution in [0.25, 0.3) is 0 Å². The molecule has 0 unspecified atom stereocenters. The van der Waals surface area contributed by atoms with E-state index in [1.54, 1.807) is 0 Å². The van der Waals surface area contributed by atoms with E-state index >= 15 is 0 Å². The Labute approximate surface area is 196 Å². The second kappa shape index (κ2) is 22.3. The van der Waals surface area contributed by atoms with E-state index < -0.39 is 0 Å². The van der Waals surface area contributed by atoms with Gasteiger partial charge in [-0.3, -0.25) is 0 Å². The third-order valence-electron chi connectivity index (χ3n) is 6.80. The average Bonchev–Trinajstić information content (AvgIpc) is 2.79. The molecule has 0 bridgehead atoms. The van der Waals surface area contributed by atoms with Crippen molar-refractivity contribution in [3.63, 3.8) is 0 Å². The van der Waals surface area contributed by atoms with E-state index in [0.29, 0.717) is 0 Å². The summed E-state index contributed by atoms with van der Waals surface area (Å²) in [5.41, 5.74) is 1.52. The van der Waals surface area contributed by atoms with Crippen molar-refractivity contribution in [1.82, 2.24) is 0 Å². The van der Waals surface area contributed by atoms with E-state index in [1.165, 1.54) is 153 Å². The predicted molar refractivity (Wildman–Crippen MR) is 139 cm³/mol. The third kappa shape index (κ3) is 18.4. The zero-order valence-corrected chi connectivity index (χ0v) is 21.5. The maximum atomic E-state index is 2.36. The summed E-state index contributed by atoms with van der Waals surface area (Å²) in [7, 11) is 0. The van der Waals surface area contributed by atoms with E-state index in [1.807, 2.05) is 0 Å². The number of unbranched alkanes of at least 4 members (excludes halogenated alkanes) is 19. The van der Waals surface area contributed by atoms with E-state index in [9.17, 15) is 0 Å². The minimum atomic E-state index is 1.18. The van der Waals surface area contributed by atoms with Gasteiger partial charge in [-0.2, -0.15) is 0 Å². The van der Waals surface area contributed by atoms with E-state index in [0.717, 1.165) is 0 Å². The zero-order valence-electron chi connectivity index (χ0n) is 21.5. The lowest BCUT2D eigenvalue weighted by atomic mass is 10.0. The van der Waals surface area contributed by atoms with Gasteiger partial charge >= 0.3 is 0 Å². The molecule has 0 amide bonds. The van der Waals surface area contributed by atoms with Crippen LogP contribution in [0.1, 0.15) is 154 Å². The van der Waals surface area contributed by atoms with Gasteiger partial charge in [0.15, 0.2) is 12.4 Å². The summed E-state index contributed by atoms with van der Waals surface area (Å²) < 4.78 is 2.36. The SMILES string of the molecule is CCCCCCCCCCCCCCCCCCc1cc[n+](CCCCCCC)cc1. The molecule has 0 atom stereocenters. The summed E-state index contributed by atoms with van der Waals surface area (Å²) in [5, 5.41) is 0. The van der Waals surface area contributed by atoms with Gasteiger partial charge in [-0.25, -0.2) is 4.57 Å². The molecule has 0 saturated heterocycles. The second-order valence-corrected chi connectivity index (χ2v) is 9.91. The van der Waals surface area contributed by atoms with Crippen molar-refractivity contribution in [2.75, 3.05) is 0 Å². The standard InChI is InChI=1S/C30H56N/c1-3-5-7-9-10-11-12-13-14-15-16-17-18-19-20-22-24-30-25-28-31(29-26-30)27-23-21-8-6-4-2/h25-26,28-29H,3-24,27H2,1-2H3/q+1. The molecule has 1 aromatic rings. The lowest BCUT2D eigenvalue weighted by Crippen LogP contribution is -2.32. The topological polar surface area (TPSA) is 3.88 Å². The molecule has 31 heavy (non-hydrogen) atoms. The van der Waals surface area contributed by atoms with Crippen LogP contribution >= 0.6 is 0 Å². The molecule has 1 nitrogen and oxygen atoms in total. The van der Waals surface area contributed by atoms with Gasteiger partial charge in [0.1, 0.15) is 6.54 Å². The molecular weight excluding hydrogens is 374 g/mol. The van der Waals surface area contributed by atoms with Crippen molar-refractivity contribution in [2.24, 2.45) is 0 Å². The molecule has 0 aliphatic heterocycles. The van der Waals surface area contributed by atoms with E-state index in [-0.39, 0.29) is 0 Å². The van der Waals surface area contributed by atoms with Gasteiger partial charge < -0.3 is 0 Å². The summed E-state index contributed by atoms with van der Waals surface area (Å²) in [5.74, 6) is 0. The summed E-state index contributed by atoms with van der Waals surface area (Å²) in [4.78, 5) is 0. The minimum absolute atomic E-state index is 1.18. The van der Waals surface area contributed by atoms with Gasteiger partial charge in [0, 0.05) is 18.6 Å². The molecule has 1 heterocycles. The van der Waals surface area contributed by atoms with Crippen LogP contribution in [0.4, 0.5) is 0 Å². The molecule has 1 heteroatoms. The van der Waals surface area contributed by atoms with E-state index in [4.69, 9.17) is 0 Å². The smallest absolute Gasteiger partial charge is 0.169 e. The molecule has 0 saturated carbocycles. The van der Waals surface area contributed by atoms with Gasteiger partial charge in [-0.05, 0) is 24.8 Å². The van der Waals surface area contributed by atoms with Gasteiger partial charge in [-0.1, -0.05) is 129 Å². The summed E-state index contributed by atoms with van der Waals surface area (Å²) in [6.45, 7) is 5.77. The van der Waals surface area contributed by atoms with Crippen molar-refractivity contribution in [3.05, 3.63) is 30.1 Å². The fraction of sp³-hybridized carbons (Fsp3) is 0.833. The number of pyridine rings is 1. The average molecular weight is 431 g/mol. The van der Waals surface area contributed by atoms with Crippen LogP contribution in [0, 0.1) is 0 Å². The highest BCUT2D eigenvalue weighted by Gasteiger charge is 2.01. The number of aromatic nitrogens is 1. The largest absolute Gasteiger partial charge is 0.205 e. The first-order valence-electron chi connectivity index (χ1n) is 14.3. The maximum absolute atomic E-state index is 2.36. The maximum Gasteiger partial charge on any atom is 0.169 e. The van der Waals surface area contributed by atoms with Gasteiger partial charge in [0.2, 0.25) is 0 Å². The molecule has 0 aliphatic carbocycles. The van der Waals surface area contributed by atoms with Crippen molar-refractivity contribution in [1.29, 1.82) is 0 Å². The van der Waals surface area contributed by atoms with Crippen LogP contribution in [0.2, 0.25) is 0 Å². The Balaban J connectivity index is 1.83. The highest BCUT2D eigenvalue weighted by Crippen LogP contribution is 2.14. The number of hydrogen-bond donors (Lipinski definition) is 0. The molecule has 180 valence electrons.